The molecule has 1 amide bonds. The highest BCUT2D eigenvalue weighted by Crippen LogP contribution is 2.25. The van der Waals surface area contributed by atoms with Gasteiger partial charge in [0.15, 0.2) is 0 Å². The Morgan fingerprint density at radius 1 is 1.10 bits per heavy atom. The predicted molar refractivity (Wildman–Crippen MR) is 115 cm³/mol. The van der Waals surface area contributed by atoms with Gasteiger partial charge in [-0.05, 0) is 25.3 Å². The molecule has 0 aliphatic carbocycles. The van der Waals surface area contributed by atoms with Crippen LogP contribution in [0.5, 0.6) is 0 Å². The molecule has 1 unspecified atom stereocenters. The molecule has 1 N–H and O–H groups in total. The van der Waals surface area contributed by atoms with Gasteiger partial charge in [-0.25, -0.2) is 9.97 Å². The van der Waals surface area contributed by atoms with E-state index in [0.717, 1.165) is 42.0 Å². The van der Waals surface area contributed by atoms with E-state index < -0.39 is 0 Å². The summed E-state index contributed by atoms with van der Waals surface area (Å²) < 4.78 is 0. The lowest BCUT2D eigenvalue weighted by Gasteiger charge is -2.33. The van der Waals surface area contributed by atoms with Crippen LogP contribution >= 0.6 is 0 Å². The molecule has 0 saturated carbocycles. The van der Waals surface area contributed by atoms with Crippen molar-refractivity contribution < 1.29 is 4.79 Å². The Balaban J connectivity index is 1.40. The second-order valence-electron chi connectivity index (χ2n) is 7.62. The first kappa shape index (κ1) is 19.1. The van der Waals surface area contributed by atoms with Crippen LogP contribution in [0.1, 0.15) is 24.0 Å². The average Bonchev–Trinajstić information content (AvgIpc) is 2.79. The Kier molecular flexibility index (Phi) is 5.84. The van der Waals surface area contributed by atoms with Crippen molar-refractivity contribution in [2.45, 2.75) is 26.3 Å². The number of benzene rings is 2. The molecule has 4 rings (SSSR count). The first-order valence-electron chi connectivity index (χ1n) is 10.1. The van der Waals surface area contributed by atoms with E-state index in [9.17, 15) is 4.79 Å². The summed E-state index contributed by atoms with van der Waals surface area (Å²) in [4.78, 5) is 23.8. The van der Waals surface area contributed by atoms with Crippen LogP contribution in [0.4, 0.5) is 5.82 Å². The molecular formula is C24H26N4O. The fraction of sp³-hybridized carbons (Fsp3) is 0.292. The van der Waals surface area contributed by atoms with Gasteiger partial charge < -0.3 is 10.2 Å². The van der Waals surface area contributed by atoms with Gasteiger partial charge in [0.05, 0.1) is 11.6 Å². The Hall–Kier alpha value is -3.21. The maximum absolute atomic E-state index is 12.7. The predicted octanol–water partition coefficient (Wildman–Crippen LogP) is 3.98. The topological polar surface area (TPSA) is 58.1 Å². The number of amides is 1. The molecule has 5 nitrogen and oxygen atoms in total. The van der Waals surface area contributed by atoms with Crippen molar-refractivity contribution in [3.8, 4) is 11.3 Å². The summed E-state index contributed by atoms with van der Waals surface area (Å²) in [5.41, 5.74) is 4.32. The highest BCUT2D eigenvalue weighted by atomic mass is 16.1. The zero-order valence-electron chi connectivity index (χ0n) is 16.7. The summed E-state index contributed by atoms with van der Waals surface area (Å²) in [7, 11) is 0. The molecule has 29 heavy (non-hydrogen) atoms. The maximum Gasteiger partial charge on any atom is 0.225 e. The van der Waals surface area contributed by atoms with E-state index in [4.69, 9.17) is 0 Å². The van der Waals surface area contributed by atoms with Gasteiger partial charge in [-0.1, -0.05) is 60.2 Å². The number of carbonyl (C=O) groups is 1. The van der Waals surface area contributed by atoms with Gasteiger partial charge in [0.2, 0.25) is 5.91 Å². The third kappa shape index (κ3) is 4.80. The minimum absolute atomic E-state index is 0.0238. The summed E-state index contributed by atoms with van der Waals surface area (Å²) >= 11 is 0. The van der Waals surface area contributed by atoms with Crippen LogP contribution in [0.25, 0.3) is 11.3 Å². The maximum atomic E-state index is 12.7. The molecule has 0 radical (unpaired) electrons. The molecule has 5 heteroatoms. The number of piperidine rings is 1. The minimum atomic E-state index is -0.0238. The number of aromatic nitrogens is 2. The molecule has 3 aromatic rings. The average molecular weight is 386 g/mol. The van der Waals surface area contributed by atoms with Crippen molar-refractivity contribution in [1.29, 1.82) is 0 Å². The number of carbonyl (C=O) groups excluding carboxylic acids is 1. The molecule has 0 bridgehead atoms. The van der Waals surface area contributed by atoms with E-state index in [2.05, 4.69) is 51.4 Å². The summed E-state index contributed by atoms with van der Waals surface area (Å²) in [6, 6.07) is 20.4. The quantitative estimate of drug-likeness (QED) is 0.720. The molecule has 1 aliphatic heterocycles. The lowest BCUT2D eigenvalue weighted by atomic mass is 9.97. The van der Waals surface area contributed by atoms with E-state index in [1.807, 2.05) is 36.4 Å². The number of aryl methyl sites for hydroxylation is 1. The van der Waals surface area contributed by atoms with Crippen LogP contribution in [-0.2, 0) is 11.3 Å². The largest absolute Gasteiger partial charge is 0.356 e. The molecule has 2 aromatic carbocycles. The number of hydrogen-bond acceptors (Lipinski definition) is 4. The molecule has 1 aromatic heterocycles. The molecule has 148 valence electrons. The highest BCUT2D eigenvalue weighted by Gasteiger charge is 2.26. The van der Waals surface area contributed by atoms with Crippen molar-refractivity contribution in [3.63, 3.8) is 0 Å². The first-order valence-corrected chi connectivity index (χ1v) is 10.1. The molecule has 0 spiro atoms. The van der Waals surface area contributed by atoms with Crippen LogP contribution in [-0.4, -0.2) is 29.0 Å². The zero-order chi connectivity index (χ0) is 20.1. The van der Waals surface area contributed by atoms with Crippen LogP contribution < -0.4 is 10.2 Å². The van der Waals surface area contributed by atoms with Gasteiger partial charge >= 0.3 is 0 Å². The van der Waals surface area contributed by atoms with Gasteiger partial charge in [-0.15, -0.1) is 0 Å². The van der Waals surface area contributed by atoms with Crippen LogP contribution in [0.3, 0.4) is 0 Å². The minimum Gasteiger partial charge on any atom is -0.356 e. The van der Waals surface area contributed by atoms with Crippen molar-refractivity contribution in [2.24, 2.45) is 5.92 Å². The number of anilines is 1. The Morgan fingerprint density at radius 3 is 2.69 bits per heavy atom. The van der Waals surface area contributed by atoms with E-state index >= 15 is 0 Å². The molecule has 2 heterocycles. The second kappa shape index (κ2) is 8.86. The zero-order valence-corrected chi connectivity index (χ0v) is 16.7. The van der Waals surface area contributed by atoms with E-state index in [1.165, 1.54) is 5.56 Å². The number of nitrogens with zero attached hydrogens (tertiary/aromatic N) is 3. The Labute approximate surface area is 171 Å². The van der Waals surface area contributed by atoms with Crippen LogP contribution in [0.2, 0.25) is 0 Å². The van der Waals surface area contributed by atoms with Crippen molar-refractivity contribution >= 4 is 11.7 Å². The van der Waals surface area contributed by atoms with Crippen LogP contribution in [0, 0.1) is 12.8 Å². The highest BCUT2D eigenvalue weighted by molar-refractivity contribution is 5.79. The normalized spacial score (nSPS) is 16.4. The van der Waals surface area contributed by atoms with Crippen LogP contribution in [0.15, 0.2) is 67.0 Å². The third-order valence-electron chi connectivity index (χ3n) is 5.43. The van der Waals surface area contributed by atoms with Gasteiger partial charge in [0.25, 0.3) is 0 Å². The number of nitrogens with one attached hydrogen (secondary N) is 1. The molecule has 1 saturated heterocycles. The first-order chi connectivity index (χ1) is 14.2. The number of rotatable bonds is 5. The van der Waals surface area contributed by atoms with Gasteiger partial charge in [0, 0.05) is 31.3 Å². The van der Waals surface area contributed by atoms with E-state index in [1.54, 1.807) is 6.33 Å². The fourth-order valence-electron chi connectivity index (χ4n) is 3.73. The van der Waals surface area contributed by atoms with Gasteiger partial charge in [-0.3, -0.25) is 4.79 Å². The monoisotopic (exact) mass is 386 g/mol. The summed E-state index contributed by atoms with van der Waals surface area (Å²) in [6.45, 7) is 4.23. The van der Waals surface area contributed by atoms with Crippen molar-refractivity contribution in [1.82, 2.24) is 15.3 Å². The summed E-state index contributed by atoms with van der Waals surface area (Å²) in [6.07, 6.45) is 3.50. The fourth-order valence-corrected chi connectivity index (χ4v) is 3.73. The second-order valence-corrected chi connectivity index (χ2v) is 7.62. The molecule has 1 aliphatic rings. The lowest BCUT2D eigenvalue weighted by Crippen LogP contribution is -2.43. The molecular weight excluding hydrogens is 360 g/mol. The van der Waals surface area contributed by atoms with Gasteiger partial charge in [-0.2, -0.15) is 0 Å². The van der Waals surface area contributed by atoms with E-state index in [0.29, 0.717) is 13.1 Å². The molecule has 1 fully saturated rings. The molecule has 1 atom stereocenters. The smallest absolute Gasteiger partial charge is 0.225 e. The van der Waals surface area contributed by atoms with Gasteiger partial charge in [0.1, 0.15) is 12.1 Å². The Morgan fingerprint density at radius 2 is 1.90 bits per heavy atom. The van der Waals surface area contributed by atoms with E-state index in [-0.39, 0.29) is 11.8 Å². The van der Waals surface area contributed by atoms with Crippen molar-refractivity contribution in [2.75, 3.05) is 18.0 Å². The summed E-state index contributed by atoms with van der Waals surface area (Å²) in [5.74, 6) is 0.979. The lowest BCUT2D eigenvalue weighted by molar-refractivity contribution is -0.125. The standard InChI is InChI=1S/C24H26N4O/c1-18-9-11-19(12-10-18)15-25-24(29)21-8-5-13-28(16-21)23-14-22(26-17-27-23)20-6-3-2-4-7-20/h2-4,6-7,9-12,14,17,21H,5,8,13,15-16H2,1H3,(H,25,29). The Bertz CT molecular complexity index is 956. The number of hydrogen-bond donors (Lipinski definition) is 1. The third-order valence-corrected chi connectivity index (χ3v) is 5.43. The SMILES string of the molecule is Cc1ccc(CNC(=O)C2CCCN(c3cc(-c4ccccc4)ncn3)C2)cc1. The summed E-state index contributed by atoms with van der Waals surface area (Å²) in [5, 5.41) is 3.10. The van der Waals surface area contributed by atoms with Crippen molar-refractivity contribution in [3.05, 3.63) is 78.1 Å².